The van der Waals surface area contributed by atoms with E-state index in [2.05, 4.69) is 14.9 Å². The van der Waals surface area contributed by atoms with Crippen LogP contribution in [0.3, 0.4) is 0 Å². The van der Waals surface area contributed by atoms with Crippen molar-refractivity contribution in [3.63, 3.8) is 0 Å². The fourth-order valence-corrected chi connectivity index (χ4v) is 2.50. The van der Waals surface area contributed by atoms with Gasteiger partial charge in [0.25, 0.3) is 0 Å². The van der Waals surface area contributed by atoms with Gasteiger partial charge in [-0.3, -0.25) is 0 Å². The van der Waals surface area contributed by atoms with Crippen LogP contribution in [0.2, 0.25) is 0 Å². The lowest BCUT2D eigenvalue weighted by atomic mass is 10.1. The minimum atomic E-state index is -0.356. The van der Waals surface area contributed by atoms with Gasteiger partial charge in [0.05, 0.1) is 25.4 Å². The predicted molar refractivity (Wildman–Crippen MR) is 75.7 cm³/mol. The van der Waals surface area contributed by atoms with Crippen LogP contribution in [0.4, 0.5) is 5.82 Å². The summed E-state index contributed by atoms with van der Waals surface area (Å²) in [6.45, 7) is 6.23. The lowest BCUT2D eigenvalue weighted by Gasteiger charge is -2.37. The quantitative estimate of drug-likeness (QED) is 0.865. The molecule has 0 amide bonds. The Labute approximate surface area is 119 Å². The van der Waals surface area contributed by atoms with Crippen LogP contribution in [-0.2, 0) is 16.1 Å². The molecule has 1 aliphatic rings. The van der Waals surface area contributed by atoms with E-state index in [4.69, 9.17) is 9.47 Å². The van der Waals surface area contributed by atoms with Gasteiger partial charge in [-0.25, -0.2) is 9.97 Å². The molecule has 0 aromatic carbocycles. The minimum absolute atomic E-state index is 0.147. The maximum atomic E-state index is 9.63. The molecule has 1 aliphatic heterocycles. The molecule has 1 N–H and O–H groups in total. The Bertz CT molecular complexity index is 440. The Balaban J connectivity index is 2.22. The number of hydrogen-bond donors (Lipinski definition) is 1. The third kappa shape index (κ3) is 3.88. The average Bonchev–Trinajstić information content (AvgIpc) is 2.38. The Morgan fingerprint density at radius 2 is 2.35 bits per heavy atom. The Morgan fingerprint density at radius 3 is 3.05 bits per heavy atom. The molecule has 0 saturated carbocycles. The predicted octanol–water partition coefficient (Wildman–Crippen LogP) is 0.908. The van der Waals surface area contributed by atoms with E-state index in [9.17, 15) is 5.11 Å². The summed E-state index contributed by atoms with van der Waals surface area (Å²) >= 11 is 0. The highest BCUT2D eigenvalue weighted by atomic mass is 16.5. The van der Waals surface area contributed by atoms with Crippen molar-refractivity contribution >= 4 is 5.82 Å². The number of aliphatic hydroxyl groups is 1. The summed E-state index contributed by atoms with van der Waals surface area (Å²) in [6, 6.07) is 2.12. The number of rotatable bonds is 5. The molecule has 1 aromatic rings. The summed E-state index contributed by atoms with van der Waals surface area (Å²) in [4.78, 5) is 11.1. The fourth-order valence-electron chi connectivity index (χ4n) is 2.50. The fraction of sp³-hybridized carbons (Fsp3) is 0.714. The van der Waals surface area contributed by atoms with Gasteiger partial charge in [0.15, 0.2) is 5.82 Å². The standard InChI is InChI=1S/C14H23N3O3/c1-10-6-14(16-13(15-10)9-19-3)17-4-5-20-8-12(17)7-11(2)18/h6,11-12,18H,4-5,7-9H2,1-3H3. The monoisotopic (exact) mass is 281 g/mol. The van der Waals surface area contributed by atoms with Gasteiger partial charge in [0, 0.05) is 25.4 Å². The first-order chi connectivity index (χ1) is 9.60. The molecule has 0 aliphatic carbocycles. The summed E-state index contributed by atoms with van der Waals surface area (Å²) < 4.78 is 10.6. The van der Waals surface area contributed by atoms with E-state index in [-0.39, 0.29) is 12.1 Å². The number of anilines is 1. The van der Waals surface area contributed by atoms with Crippen LogP contribution >= 0.6 is 0 Å². The largest absolute Gasteiger partial charge is 0.393 e. The second-order valence-electron chi connectivity index (χ2n) is 5.22. The molecule has 6 nitrogen and oxygen atoms in total. The topological polar surface area (TPSA) is 67.7 Å². The first-order valence-corrected chi connectivity index (χ1v) is 6.96. The van der Waals surface area contributed by atoms with Crippen LogP contribution in [0.5, 0.6) is 0 Å². The van der Waals surface area contributed by atoms with E-state index in [1.54, 1.807) is 14.0 Å². The van der Waals surface area contributed by atoms with Crippen LogP contribution in [0.25, 0.3) is 0 Å². The molecule has 0 spiro atoms. The van der Waals surface area contributed by atoms with Crippen LogP contribution < -0.4 is 4.90 Å². The van der Waals surface area contributed by atoms with Gasteiger partial charge in [-0.2, -0.15) is 0 Å². The molecular weight excluding hydrogens is 258 g/mol. The number of aliphatic hydroxyl groups excluding tert-OH is 1. The summed E-state index contributed by atoms with van der Waals surface area (Å²) in [5.74, 6) is 1.57. The van der Waals surface area contributed by atoms with Crippen molar-refractivity contribution in [2.45, 2.75) is 39.0 Å². The maximum absolute atomic E-state index is 9.63. The van der Waals surface area contributed by atoms with Crippen molar-refractivity contribution in [3.8, 4) is 0 Å². The molecule has 112 valence electrons. The highest BCUT2D eigenvalue weighted by Gasteiger charge is 2.26. The van der Waals surface area contributed by atoms with Crippen LogP contribution in [0.1, 0.15) is 24.9 Å². The smallest absolute Gasteiger partial charge is 0.156 e. The van der Waals surface area contributed by atoms with Crippen molar-refractivity contribution in [1.29, 1.82) is 0 Å². The minimum Gasteiger partial charge on any atom is -0.393 e. The molecule has 2 rings (SSSR count). The van der Waals surface area contributed by atoms with Gasteiger partial charge in [-0.15, -0.1) is 0 Å². The summed E-state index contributed by atoms with van der Waals surface area (Å²) in [7, 11) is 1.64. The Kier molecular flexibility index (Phi) is 5.28. The number of morpholine rings is 1. The van der Waals surface area contributed by atoms with Crippen LogP contribution in [0, 0.1) is 6.92 Å². The highest BCUT2D eigenvalue weighted by Crippen LogP contribution is 2.21. The summed E-state index contributed by atoms with van der Waals surface area (Å²) in [5.41, 5.74) is 0.921. The lowest BCUT2D eigenvalue weighted by molar-refractivity contribution is 0.0717. The third-order valence-corrected chi connectivity index (χ3v) is 3.30. The zero-order chi connectivity index (χ0) is 14.5. The van der Waals surface area contributed by atoms with Crippen molar-refractivity contribution in [3.05, 3.63) is 17.6 Å². The van der Waals surface area contributed by atoms with E-state index in [1.807, 2.05) is 13.0 Å². The van der Waals surface area contributed by atoms with Gasteiger partial charge in [-0.05, 0) is 20.3 Å². The van der Waals surface area contributed by atoms with Crippen LogP contribution in [-0.4, -0.2) is 54.1 Å². The second-order valence-corrected chi connectivity index (χ2v) is 5.22. The number of nitrogens with zero attached hydrogens (tertiary/aromatic N) is 3. The van der Waals surface area contributed by atoms with E-state index in [0.717, 1.165) is 18.1 Å². The first kappa shape index (κ1) is 15.2. The molecule has 20 heavy (non-hydrogen) atoms. The van der Waals surface area contributed by atoms with Gasteiger partial charge in [-0.1, -0.05) is 0 Å². The molecule has 1 saturated heterocycles. The molecular formula is C14H23N3O3. The zero-order valence-electron chi connectivity index (χ0n) is 12.4. The maximum Gasteiger partial charge on any atom is 0.156 e. The lowest BCUT2D eigenvalue weighted by Crippen LogP contribution is -2.47. The molecule has 2 heterocycles. The molecule has 0 bridgehead atoms. The molecule has 1 aromatic heterocycles. The number of aromatic nitrogens is 2. The van der Waals surface area contributed by atoms with Crippen molar-refractivity contribution in [2.24, 2.45) is 0 Å². The number of aryl methyl sites for hydroxylation is 1. The molecule has 1 fully saturated rings. The van der Waals surface area contributed by atoms with Gasteiger partial charge < -0.3 is 19.5 Å². The van der Waals surface area contributed by atoms with Crippen molar-refractivity contribution < 1.29 is 14.6 Å². The van der Waals surface area contributed by atoms with E-state index in [1.165, 1.54) is 0 Å². The first-order valence-electron chi connectivity index (χ1n) is 6.96. The zero-order valence-corrected chi connectivity index (χ0v) is 12.4. The Morgan fingerprint density at radius 1 is 1.55 bits per heavy atom. The number of ether oxygens (including phenoxy) is 2. The van der Waals surface area contributed by atoms with Gasteiger partial charge in [0.2, 0.25) is 0 Å². The van der Waals surface area contributed by atoms with E-state index < -0.39 is 0 Å². The normalized spacial score (nSPS) is 21.0. The third-order valence-electron chi connectivity index (χ3n) is 3.30. The van der Waals surface area contributed by atoms with Gasteiger partial charge >= 0.3 is 0 Å². The average molecular weight is 281 g/mol. The van der Waals surface area contributed by atoms with Crippen molar-refractivity contribution in [2.75, 3.05) is 31.8 Å². The van der Waals surface area contributed by atoms with Crippen LogP contribution in [0.15, 0.2) is 6.07 Å². The number of methoxy groups -OCH3 is 1. The molecule has 2 unspecified atom stereocenters. The second kappa shape index (κ2) is 6.97. The highest BCUT2D eigenvalue weighted by molar-refractivity contribution is 5.41. The SMILES string of the molecule is COCc1nc(C)cc(N2CCOCC2CC(C)O)n1. The summed E-state index contributed by atoms with van der Waals surface area (Å²) in [6.07, 6.45) is 0.313. The van der Waals surface area contributed by atoms with Crippen molar-refractivity contribution in [1.82, 2.24) is 9.97 Å². The molecule has 6 heteroatoms. The van der Waals surface area contributed by atoms with E-state index >= 15 is 0 Å². The van der Waals surface area contributed by atoms with Gasteiger partial charge in [0.1, 0.15) is 12.4 Å². The Hall–Kier alpha value is -1.24. The van der Waals surface area contributed by atoms with E-state index in [0.29, 0.717) is 32.1 Å². The molecule has 2 atom stereocenters. The molecule has 0 radical (unpaired) electrons. The number of hydrogen-bond acceptors (Lipinski definition) is 6. The summed E-state index contributed by atoms with van der Waals surface area (Å²) in [5, 5.41) is 9.63.